The smallest absolute Gasteiger partial charge is 0.409 e. The molecule has 4 aromatic rings. The molecule has 0 aliphatic carbocycles. The maximum atomic E-state index is 13.6. The van der Waals surface area contributed by atoms with E-state index in [4.69, 9.17) is 14.7 Å². The monoisotopic (exact) mass is 514 g/mol. The predicted molar refractivity (Wildman–Crippen MR) is 146 cm³/mol. The molecule has 37 heavy (non-hydrogen) atoms. The van der Waals surface area contributed by atoms with E-state index in [0.717, 1.165) is 38.2 Å². The van der Waals surface area contributed by atoms with Gasteiger partial charge in [-0.25, -0.2) is 19.2 Å². The van der Waals surface area contributed by atoms with Crippen LogP contribution in [0.5, 0.6) is 0 Å². The molecule has 188 valence electrons. The molecule has 0 atom stereocenters. The van der Waals surface area contributed by atoms with Crippen LogP contribution in [0.2, 0.25) is 0 Å². The Morgan fingerprint density at radius 2 is 1.51 bits per heavy atom. The van der Waals surface area contributed by atoms with Gasteiger partial charge in [0.25, 0.3) is 0 Å². The molecule has 0 N–H and O–H groups in total. The maximum Gasteiger partial charge on any atom is 0.409 e. The molecule has 1 saturated heterocycles. The van der Waals surface area contributed by atoms with Gasteiger partial charge in [0.15, 0.2) is 0 Å². The molecule has 1 aromatic heterocycles. The summed E-state index contributed by atoms with van der Waals surface area (Å²) < 4.78 is 18.7. The molecule has 2 heterocycles. The van der Waals surface area contributed by atoms with Crippen LogP contribution in [0.1, 0.15) is 12.5 Å². The summed E-state index contributed by atoms with van der Waals surface area (Å²) >= 11 is 1.48. The first-order valence-electron chi connectivity index (χ1n) is 12.3. The number of rotatable bonds is 5. The number of ether oxygens (including phenoxy) is 1. The summed E-state index contributed by atoms with van der Waals surface area (Å²) in [4.78, 5) is 26.3. The molecular weight excluding hydrogens is 487 g/mol. The first kappa shape index (κ1) is 24.6. The average Bonchev–Trinajstić information content (AvgIpc) is 3.37. The number of hydrogen-bond donors (Lipinski definition) is 0. The summed E-state index contributed by atoms with van der Waals surface area (Å²) in [6.07, 6.45) is -0.280. The van der Waals surface area contributed by atoms with Crippen LogP contribution >= 0.6 is 11.3 Å². The number of carbonyl (C=O) groups excluding carboxylic acids is 1. The van der Waals surface area contributed by atoms with E-state index in [0.29, 0.717) is 32.8 Å². The summed E-state index contributed by atoms with van der Waals surface area (Å²) in [6, 6.07) is 26.4. The standard InChI is InChI=1S/C29H27FN4O2S/c1-2-36-29(35)34-19-17-33(18-20-34)26(22-11-7-4-8-12-22)32-28-25(21-9-5-3-6-10-21)31-27(37-28)23-13-15-24(30)16-14-23/h3-16H,2,17-20H2,1H3/b32-26-. The topological polar surface area (TPSA) is 58.0 Å². The van der Waals surface area contributed by atoms with Crippen LogP contribution in [0.15, 0.2) is 89.9 Å². The van der Waals surface area contributed by atoms with E-state index in [-0.39, 0.29) is 11.9 Å². The molecule has 1 amide bonds. The number of halogens is 1. The van der Waals surface area contributed by atoms with Crippen molar-refractivity contribution >= 4 is 28.3 Å². The molecule has 0 saturated carbocycles. The number of carbonyl (C=O) groups is 1. The minimum absolute atomic E-state index is 0.280. The van der Waals surface area contributed by atoms with Crippen LogP contribution in [0, 0.1) is 5.82 Å². The van der Waals surface area contributed by atoms with Crippen molar-refractivity contribution in [1.29, 1.82) is 0 Å². The molecule has 1 fully saturated rings. The average molecular weight is 515 g/mol. The van der Waals surface area contributed by atoms with Crippen LogP contribution in [-0.4, -0.2) is 59.5 Å². The molecule has 3 aromatic carbocycles. The second kappa shape index (κ2) is 11.3. The second-order valence-electron chi connectivity index (χ2n) is 8.52. The number of piperazine rings is 1. The highest BCUT2D eigenvalue weighted by Crippen LogP contribution is 2.40. The van der Waals surface area contributed by atoms with E-state index >= 15 is 0 Å². The summed E-state index contributed by atoms with van der Waals surface area (Å²) in [5, 5.41) is 1.55. The molecule has 0 spiro atoms. The van der Waals surface area contributed by atoms with E-state index in [9.17, 15) is 9.18 Å². The largest absolute Gasteiger partial charge is 0.450 e. The molecule has 6 nitrogen and oxygen atoms in total. The van der Waals surface area contributed by atoms with Crippen LogP contribution < -0.4 is 0 Å². The van der Waals surface area contributed by atoms with Gasteiger partial charge in [0.05, 0.1) is 6.61 Å². The predicted octanol–water partition coefficient (Wildman–Crippen LogP) is 6.47. The highest BCUT2D eigenvalue weighted by Gasteiger charge is 2.25. The third kappa shape index (κ3) is 5.70. The SMILES string of the molecule is CCOC(=O)N1CCN(/C(=N\c2sc(-c3ccc(F)cc3)nc2-c2ccccc2)c2ccccc2)CC1. The minimum Gasteiger partial charge on any atom is -0.450 e. The highest BCUT2D eigenvalue weighted by atomic mass is 32.1. The van der Waals surface area contributed by atoms with Crippen molar-refractivity contribution in [3.8, 4) is 21.8 Å². The second-order valence-corrected chi connectivity index (χ2v) is 9.50. The lowest BCUT2D eigenvalue weighted by Gasteiger charge is -2.36. The molecule has 0 radical (unpaired) electrons. The van der Waals surface area contributed by atoms with Gasteiger partial charge in [-0.2, -0.15) is 0 Å². The van der Waals surface area contributed by atoms with E-state index in [1.54, 1.807) is 17.0 Å². The van der Waals surface area contributed by atoms with Gasteiger partial charge in [0.1, 0.15) is 27.4 Å². The van der Waals surface area contributed by atoms with Gasteiger partial charge < -0.3 is 14.5 Å². The number of amidine groups is 1. The Bertz CT molecular complexity index is 1370. The van der Waals surface area contributed by atoms with Crippen LogP contribution in [-0.2, 0) is 4.74 Å². The third-order valence-corrected chi connectivity index (χ3v) is 7.09. The number of benzene rings is 3. The van der Waals surface area contributed by atoms with Gasteiger partial charge in [-0.15, -0.1) is 0 Å². The third-order valence-electron chi connectivity index (χ3n) is 6.09. The fourth-order valence-electron chi connectivity index (χ4n) is 4.20. The zero-order chi connectivity index (χ0) is 25.6. The Morgan fingerprint density at radius 1 is 0.892 bits per heavy atom. The van der Waals surface area contributed by atoms with Crippen molar-refractivity contribution in [2.75, 3.05) is 32.8 Å². The molecule has 8 heteroatoms. The highest BCUT2D eigenvalue weighted by molar-refractivity contribution is 7.19. The first-order chi connectivity index (χ1) is 18.1. The summed E-state index contributed by atoms with van der Waals surface area (Å²) in [7, 11) is 0. The van der Waals surface area contributed by atoms with Gasteiger partial charge in [-0.3, -0.25) is 0 Å². The van der Waals surface area contributed by atoms with E-state index in [1.165, 1.54) is 23.5 Å². The van der Waals surface area contributed by atoms with Gasteiger partial charge >= 0.3 is 6.09 Å². The van der Waals surface area contributed by atoms with Crippen molar-refractivity contribution in [3.05, 3.63) is 96.3 Å². The van der Waals surface area contributed by atoms with Crippen LogP contribution in [0.4, 0.5) is 14.2 Å². The Kier molecular flexibility index (Phi) is 7.56. The van der Waals surface area contributed by atoms with Crippen molar-refractivity contribution in [3.63, 3.8) is 0 Å². The lowest BCUT2D eigenvalue weighted by atomic mass is 10.1. The minimum atomic E-state index is -0.282. The van der Waals surface area contributed by atoms with E-state index in [2.05, 4.69) is 4.90 Å². The lowest BCUT2D eigenvalue weighted by Crippen LogP contribution is -2.50. The number of nitrogens with zero attached hydrogens (tertiary/aromatic N) is 4. The van der Waals surface area contributed by atoms with Gasteiger partial charge in [-0.1, -0.05) is 72.0 Å². The van der Waals surface area contributed by atoms with Gasteiger partial charge in [-0.05, 0) is 31.2 Å². The number of amides is 1. The van der Waals surface area contributed by atoms with Crippen molar-refractivity contribution < 1.29 is 13.9 Å². The molecule has 1 aliphatic rings. The van der Waals surface area contributed by atoms with Crippen molar-refractivity contribution in [1.82, 2.24) is 14.8 Å². The molecule has 0 bridgehead atoms. The summed E-state index contributed by atoms with van der Waals surface area (Å²) in [6.45, 7) is 4.56. The molecule has 1 aliphatic heterocycles. The number of aromatic nitrogens is 1. The fraction of sp³-hybridized carbons (Fsp3) is 0.207. The number of hydrogen-bond acceptors (Lipinski definition) is 5. The Balaban J connectivity index is 1.55. The Labute approximate surface area is 219 Å². The van der Waals surface area contributed by atoms with Gasteiger partial charge in [0.2, 0.25) is 0 Å². The van der Waals surface area contributed by atoms with E-state index < -0.39 is 0 Å². The first-order valence-corrected chi connectivity index (χ1v) is 13.1. The Hall–Kier alpha value is -4.04. The van der Waals surface area contributed by atoms with E-state index in [1.807, 2.05) is 67.6 Å². The number of thiazole rings is 1. The van der Waals surface area contributed by atoms with Gasteiger partial charge in [0, 0.05) is 42.9 Å². The Morgan fingerprint density at radius 3 is 2.16 bits per heavy atom. The molecule has 5 rings (SSSR count). The quantitative estimate of drug-likeness (QED) is 0.226. The van der Waals surface area contributed by atoms with Crippen LogP contribution in [0.3, 0.4) is 0 Å². The fourth-order valence-corrected chi connectivity index (χ4v) is 5.17. The normalized spacial score (nSPS) is 14.1. The lowest BCUT2D eigenvalue weighted by molar-refractivity contribution is 0.0921. The zero-order valence-corrected chi connectivity index (χ0v) is 21.3. The van der Waals surface area contributed by atoms with Crippen LogP contribution in [0.25, 0.3) is 21.8 Å². The maximum absolute atomic E-state index is 13.6. The van der Waals surface area contributed by atoms with Crippen molar-refractivity contribution in [2.45, 2.75) is 6.92 Å². The summed E-state index contributed by atoms with van der Waals surface area (Å²) in [5.74, 6) is 0.547. The number of aliphatic imine (C=N–C) groups is 1. The molecular formula is C29H27FN4O2S. The van der Waals surface area contributed by atoms with Crippen molar-refractivity contribution in [2.24, 2.45) is 4.99 Å². The zero-order valence-electron chi connectivity index (χ0n) is 20.5. The molecule has 0 unspecified atom stereocenters. The summed E-state index contributed by atoms with van der Waals surface area (Å²) in [5.41, 5.74) is 3.58.